The molecule has 0 fully saturated rings. The van der Waals surface area contributed by atoms with Crippen molar-refractivity contribution >= 4 is 59.2 Å². The van der Waals surface area contributed by atoms with Crippen molar-refractivity contribution in [1.29, 1.82) is 0 Å². The van der Waals surface area contributed by atoms with E-state index in [0.717, 1.165) is 173 Å². The Kier molecular flexibility index (Phi) is 60.9. The van der Waals surface area contributed by atoms with Crippen LogP contribution < -0.4 is 81.1 Å². The zero-order valence-electron chi connectivity index (χ0n) is 81.0. The van der Waals surface area contributed by atoms with E-state index in [1.807, 2.05) is 153 Å². The molecule has 37 heteroatoms. The first-order valence-corrected chi connectivity index (χ1v) is 41.7. The van der Waals surface area contributed by atoms with Crippen molar-refractivity contribution in [3.05, 3.63) is 182 Å². The molecule has 0 aliphatic rings. The number of rotatable bonds is 20. The summed E-state index contributed by atoms with van der Waals surface area (Å²) in [5.74, 6) is 10.7. The largest absolute Gasteiger partial charge is 0.373 e. The van der Waals surface area contributed by atoms with Crippen LogP contribution in [0.15, 0.2) is 24.0 Å². The maximum atomic E-state index is 11.7. The molecule has 0 bridgehead atoms. The molecular formula is C91H164N32O5. The summed E-state index contributed by atoms with van der Waals surface area (Å²) < 4.78 is 7.56. The Morgan fingerprint density at radius 2 is 0.609 bits per heavy atom. The first kappa shape index (κ1) is 124. The van der Waals surface area contributed by atoms with E-state index in [4.69, 9.17) is 0 Å². The summed E-state index contributed by atoms with van der Waals surface area (Å²) in [7, 11) is 22.9. The lowest BCUT2D eigenvalue weighted by atomic mass is 10.1. The Morgan fingerprint density at radius 3 is 1.06 bits per heavy atom. The fourth-order valence-electron chi connectivity index (χ4n) is 11.5. The first-order chi connectivity index (χ1) is 58.1. The number of aryl methyl sites for hydroxylation is 15. The molecule has 10 aromatic rings. The van der Waals surface area contributed by atoms with Crippen molar-refractivity contribution in [2.75, 3.05) is 123 Å². The molecule has 0 aliphatic carbocycles. The number of hydrogen-bond acceptors (Lipinski definition) is 32. The lowest BCUT2D eigenvalue weighted by Crippen LogP contribution is -2.25. The number of nitrogens with zero attached hydrogens (tertiary/aromatic N) is 22. The maximum absolute atomic E-state index is 11.7. The second kappa shape index (κ2) is 62.7. The number of anilines is 10. The van der Waals surface area contributed by atoms with Crippen LogP contribution in [0.2, 0.25) is 0 Å². The molecule has 0 aliphatic heterocycles. The number of aromatic nitrogens is 22. The van der Waals surface area contributed by atoms with E-state index in [2.05, 4.69) is 166 Å². The van der Waals surface area contributed by atoms with Crippen LogP contribution in [0.5, 0.6) is 0 Å². The topological polar surface area (TPSA) is 449 Å². The van der Waals surface area contributed by atoms with Gasteiger partial charge in [0.2, 0.25) is 47.6 Å². The monoisotopic (exact) mass is 1790 g/mol. The quantitative estimate of drug-likeness (QED) is 0.0339. The van der Waals surface area contributed by atoms with Crippen LogP contribution in [0.3, 0.4) is 0 Å². The van der Waals surface area contributed by atoms with Crippen molar-refractivity contribution in [3.8, 4) is 0 Å². The van der Waals surface area contributed by atoms with E-state index < -0.39 is 0 Å². The summed E-state index contributed by atoms with van der Waals surface area (Å²) in [6.07, 6.45) is 6.65. The summed E-state index contributed by atoms with van der Waals surface area (Å²) in [6, 6.07) is 0. The van der Waals surface area contributed by atoms with Gasteiger partial charge in [0.05, 0.1) is 11.3 Å². The summed E-state index contributed by atoms with van der Waals surface area (Å²) in [6.45, 7) is 51.0. The second-order valence-electron chi connectivity index (χ2n) is 27.9. The Morgan fingerprint density at radius 1 is 0.242 bits per heavy atom. The molecule has 128 heavy (non-hydrogen) atoms. The lowest BCUT2D eigenvalue weighted by Gasteiger charge is -2.10. The molecule has 37 nitrogen and oxygen atoms in total. The Bertz CT molecular complexity index is 5080. The van der Waals surface area contributed by atoms with Crippen LogP contribution in [0.4, 0.5) is 59.2 Å². The minimum Gasteiger partial charge on any atom is -0.373 e. The molecule has 0 spiro atoms. The molecule has 10 rings (SSSR count). The fraction of sp³-hybridized carbons (Fsp3) is 0.582. The van der Waals surface area contributed by atoms with E-state index in [1.54, 1.807) is 88.9 Å². The van der Waals surface area contributed by atoms with Crippen LogP contribution in [-0.2, 0) is 86.6 Å². The smallest absolute Gasteiger partial charge is 0.351 e. The van der Waals surface area contributed by atoms with Gasteiger partial charge in [-0.05, 0) is 160 Å². The molecule has 0 amide bonds. The molecule has 0 unspecified atom stereocenters. The van der Waals surface area contributed by atoms with Gasteiger partial charge in [0.25, 0.3) is 22.2 Å². The van der Waals surface area contributed by atoms with Crippen LogP contribution in [-0.4, -0.2) is 177 Å². The molecule has 0 saturated heterocycles. The van der Waals surface area contributed by atoms with Crippen LogP contribution in [0.25, 0.3) is 0 Å². The summed E-state index contributed by atoms with van der Waals surface area (Å²) >= 11 is 0. The SMILES string of the molecule is C.C.C.C.C.CCNc1nc(C)c(C)c(=O)n1C.CCNc1nc(C)c(C)c(C)n1.CCc1c(C)nc(NC)n(C)c1=O.CCc1c(C)nc(NC)nc1C.CCc1nc(C)c(C)c(NC)n1.CCc1nc(C)nc(NC)n1.CCc1nc(NC)c(C)c(=O)n1C.CCc1nc(NC)n(C)c(=O)c1C.CCc1nc(NC)n(C)c(=O)n1.CCc1nc(NC)nc(C)c1C. The van der Waals surface area contributed by atoms with Gasteiger partial charge in [0.15, 0.2) is 0 Å². The normalized spacial score (nSPS) is 9.64. The summed E-state index contributed by atoms with van der Waals surface area (Å²) in [4.78, 5) is 130. The number of hydrogen-bond donors (Lipinski definition) is 10. The van der Waals surface area contributed by atoms with Crippen molar-refractivity contribution in [2.45, 2.75) is 262 Å². The minimum absolute atomic E-state index is 0. The van der Waals surface area contributed by atoms with E-state index >= 15 is 0 Å². The van der Waals surface area contributed by atoms with Crippen molar-refractivity contribution in [1.82, 2.24) is 108 Å². The van der Waals surface area contributed by atoms with E-state index in [1.165, 1.54) is 35.0 Å². The molecular weight excluding hydrogens is 1620 g/mol. The van der Waals surface area contributed by atoms with Gasteiger partial charge in [0.1, 0.15) is 40.8 Å². The van der Waals surface area contributed by atoms with Crippen LogP contribution in [0.1, 0.15) is 237 Å². The zero-order chi connectivity index (χ0) is 94.0. The fourth-order valence-corrected chi connectivity index (χ4v) is 11.5. The zero-order valence-corrected chi connectivity index (χ0v) is 81.0. The van der Waals surface area contributed by atoms with Crippen molar-refractivity contribution < 1.29 is 0 Å². The van der Waals surface area contributed by atoms with Crippen molar-refractivity contribution in [2.24, 2.45) is 35.2 Å². The van der Waals surface area contributed by atoms with Crippen molar-refractivity contribution in [3.63, 3.8) is 0 Å². The molecule has 10 aromatic heterocycles. The number of nitrogens with one attached hydrogen (secondary N) is 10. The highest BCUT2D eigenvalue weighted by Crippen LogP contribution is 2.17. The summed E-state index contributed by atoms with van der Waals surface area (Å²) in [5, 5.41) is 29.5. The Balaban J connectivity index is -0.000000436. The third-order valence-electron chi connectivity index (χ3n) is 19.5. The highest BCUT2D eigenvalue weighted by molar-refractivity contribution is 5.45. The predicted octanol–water partition coefficient (Wildman–Crippen LogP) is 13.6. The maximum Gasteiger partial charge on any atom is 0.351 e. The van der Waals surface area contributed by atoms with Crippen LogP contribution >= 0.6 is 0 Å². The van der Waals surface area contributed by atoms with Gasteiger partial charge in [-0.15, -0.1) is 0 Å². The highest BCUT2D eigenvalue weighted by atomic mass is 16.2. The minimum atomic E-state index is -0.272. The summed E-state index contributed by atoms with van der Waals surface area (Å²) in [5.41, 5.74) is 17.5. The Labute approximate surface area is 765 Å². The van der Waals surface area contributed by atoms with E-state index in [-0.39, 0.29) is 65.1 Å². The Hall–Kier alpha value is -12.3. The second-order valence-corrected chi connectivity index (χ2v) is 27.9. The van der Waals surface area contributed by atoms with Gasteiger partial charge in [-0.1, -0.05) is 92.5 Å². The van der Waals surface area contributed by atoms with Gasteiger partial charge in [0, 0.05) is 204 Å². The highest BCUT2D eigenvalue weighted by Gasteiger charge is 2.14. The van der Waals surface area contributed by atoms with Gasteiger partial charge in [-0.25, -0.2) is 69.6 Å². The molecule has 718 valence electrons. The third-order valence-corrected chi connectivity index (χ3v) is 19.5. The standard InChI is InChI=1S/4C9H15N3O.4C9H15N3.C7H12N4O.C7H12N4.5CH4/c1-5-7-11-8(10-3)6(2)9(13)12(7)4;1-5-7-6(2)11-9(10-3)12(4)8(7)13;1-5-7-6(2)8(13)12(4)9(10-3)11-7;1-5-10-9-11-7(3)6(2)8(13)12(9)4;1-5-8-6(2)11-9(10-4)12-7(8)3;1-5-8-11-7(3)6(2)9(10-4)12-8;1-5-8-6(2)7(3)11-9(10-4)12-8;1-5-10-9-11-7(3)6(2)8(4)12-9;1-4-5-9-6(8-2)11(3)7(12)10-5;1-4-6-9-5(2)10-7(8-3)11-6;;;;;/h10H,5H2,1-4H3;3*5H2,1-4H3,(H,10,11);4*5H2,1-4H3,(H,10,11,12);4H2,1-3H3,(H,8,9,10,12);4H2,1-3H3,(H,8,9,10,11);5*1H4. The average molecular weight is 1790 g/mol. The molecule has 0 atom stereocenters. The van der Waals surface area contributed by atoms with Gasteiger partial charge < -0.3 is 53.2 Å². The van der Waals surface area contributed by atoms with Gasteiger partial charge >= 0.3 is 5.69 Å². The van der Waals surface area contributed by atoms with Gasteiger partial charge in [-0.2, -0.15) is 19.9 Å². The van der Waals surface area contributed by atoms with E-state index in [0.29, 0.717) is 64.9 Å². The molecule has 10 heterocycles. The average Bonchev–Trinajstić information content (AvgIpc) is 0.829. The molecule has 0 radical (unpaired) electrons. The molecule has 0 saturated carbocycles. The van der Waals surface area contributed by atoms with Crippen LogP contribution in [0, 0.1) is 104 Å². The molecule has 0 aromatic carbocycles. The predicted molar refractivity (Wildman–Crippen MR) is 538 cm³/mol. The third kappa shape index (κ3) is 36.9. The first-order valence-electron chi connectivity index (χ1n) is 41.7. The lowest BCUT2D eigenvalue weighted by molar-refractivity contribution is 0.731. The van der Waals surface area contributed by atoms with Gasteiger partial charge in [-0.3, -0.25) is 42.0 Å². The van der Waals surface area contributed by atoms with E-state index in [9.17, 15) is 24.0 Å². The molecule has 10 N–H and O–H groups in total.